The Morgan fingerprint density at radius 2 is 1.59 bits per heavy atom. The smallest absolute Gasteiger partial charge is 0.226 e. The summed E-state index contributed by atoms with van der Waals surface area (Å²) >= 11 is 0. The summed E-state index contributed by atoms with van der Waals surface area (Å²) < 4.78 is 24.3. The van der Waals surface area contributed by atoms with E-state index in [9.17, 15) is 13.2 Å². The molecule has 162 valence electrons. The van der Waals surface area contributed by atoms with Gasteiger partial charge >= 0.3 is 0 Å². The van der Waals surface area contributed by atoms with Crippen LogP contribution in [-0.4, -0.2) is 43.3 Å². The van der Waals surface area contributed by atoms with Crippen molar-refractivity contribution in [2.24, 2.45) is 11.8 Å². The number of hydrogen-bond acceptors (Lipinski definition) is 3. The van der Waals surface area contributed by atoms with Crippen LogP contribution < -0.4 is 0 Å². The molecule has 3 rings (SSSR count). The third-order valence-electron chi connectivity index (χ3n) is 6.98. The van der Waals surface area contributed by atoms with Crippen LogP contribution in [0.4, 0.5) is 0 Å². The van der Waals surface area contributed by atoms with Gasteiger partial charge in [-0.15, -0.1) is 0 Å². The number of carbonyl (C=O) groups is 1. The minimum atomic E-state index is -3.00. The van der Waals surface area contributed by atoms with Crippen molar-refractivity contribution in [3.8, 4) is 0 Å². The number of sulfone groups is 1. The summed E-state index contributed by atoms with van der Waals surface area (Å²) in [5, 5.41) is -0.317. The number of likely N-dealkylation sites (tertiary alicyclic amines) is 1. The van der Waals surface area contributed by atoms with Gasteiger partial charge in [-0.05, 0) is 68.4 Å². The van der Waals surface area contributed by atoms with Crippen LogP contribution in [0.15, 0.2) is 24.3 Å². The van der Waals surface area contributed by atoms with Gasteiger partial charge in [0.15, 0.2) is 9.84 Å². The first-order valence-electron chi connectivity index (χ1n) is 11.3. The quantitative estimate of drug-likeness (QED) is 0.678. The average molecular weight is 420 g/mol. The molecule has 1 amide bonds. The van der Waals surface area contributed by atoms with E-state index < -0.39 is 9.84 Å². The summed E-state index contributed by atoms with van der Waals surface area (Å²) in [6, 6.07) is 8.67. The van der Waals surface area contributed by atoms with Gasteiger partial charge in [0.25, 0.3) is 0 Å². The minimum Gasteiger partial charge on any atom is -0.342 e. The largest absolute Gasteiger partial charge is 0.342 e. The van der Waals surface area contributed by atoms with Crippen molar-refractivity contribution in [1.82, 2.24) is 4.90 Å². The predicted octanol–water partition coefficient (Wildman–Crippen LogP) is 4.58. The lowest BCUT2D eigenvalue weighted by atomic mass is 9.79. The van der Waals surface area contributed by atoms with Crippen molar-refractivity contribution in [3.05, 3.63) is 35.4 Å². The molecule has 0 spiro atoms. The summed E-state index contributed by atoms with van der Waals surface area (Å²) in [7, 11) is -3.00. The van der Waals surface area contributed by atoms with Gasteiger partial charge in [-0.2, -0.15) is 0 Å². The van der Waals surface area contributed by atoms with Crippen LogP contribution in [0.2, 0.25) is 0 Å². The fraction of sp³-hybridized carbons (Fsp3) is 0.708. The summed E-state index contributed by atoms with van der Waals surface area (Å²) in [4.78, 5) is 14.6. The van der Waals surface area contributed by atoms with Gasteiger partial charge in [0.2, 0.25) is 5.91 Å². The monoisotopic (exact) mass is 419 g/mol. The molecule has 4 nitrogen and oxygen atoms in total. The van der Waals surface area contributed by atoms with E-state index in [1.165, 1.54) is 31.2 Å². The van der Waals surface area contributed by atoms with E-state index in [-0.39, 0.29) is 22.8 Å². The second kappa shape index (κ2) is 9.63. The van der Waals surface area contributed by atoms with Gasteiger partial charge in [0.1, 0.15) is 0 Å². The number of nitrogens with zero attached hydrogens (tertiary/aromatic N) is 1. The summed E-state index contributed by atoms with van der Waals surface area (Å²) in [6.07, 6.45) is 7.21. The number of rotatable bonds is 6. The second-order valence-corrected chi connectivity index (χ2v) is 12.2. The summed E-state index contributed by atoms with van der Waals surface area (Å²) in [5.74, 6) is 2.14. The second-order valence-electron chi connectivity index (χ2n) is 9.58. The molecule has 29 heavy (non-hydrogen) atoms. The van der Waals surface area contributed by atoms with Crippen molar-refractivity contribution >= 4 is 15.7 Å². The fourth-order valence-corrected chi connectivity index (χ4v) is 6.03. The third kappa shape index (κ3) is 6.07. The molecular formula is C24H37NO3S. The lowest BCUT2D eigenvalue weighted by Gasteiger charge is -2.32. The Bertz CT molecular complexity index is 769. The van der Waals surface area contributed by atoms with E-state index in [1.807, 2.05) is 4.90 Å². The Balaban J connectivity index is 1.47. The molecule has 0 radical (unpaired) electrons. The Morgan fingerprint density at radius 1 is 1.00 bits per heavy atom. The molecule has 2 aliphatic rings. The van der Waals surface area contributed by atoms with E-state index in [0.29, 0.717) is 25.4 Å². The van der Waals surface area contributed by atoms with Crippen LogP contribution in [-0.2, 0) is 21.1 Å². The first-order chi connectivity index (χ1) is 13.7. The van der Waals surface area contributed by atoms with Crippen LogP contribution in [0.25, 0.3) is 0 Å². The highest BCUT2D eigenvalue weighted by molar-refractivity contribution is 7.91. The first-order valence-corrected chi connectivity index (χ1v) is 13.0. The lowest BCUT2D eigenvalue weighted by molar-refractivity contribution is -0.131. The van der Waals surface area contributed by atoms with Crippen LogP contribution in [0.1, 0.15) is 76.3 Å². The molecule has 0 bridgehead atoms. The predicted molar refractivity (Wildman–Crippen MR) is 119 cm³/mol. The van der Waals surface area contributed by atoms with Crippen LogP contribution in [0.5, 0.6) is 0 Å². The molecule has 0 N–H and O–H groups in total. The van der Waals surface area contributed by atoms with E-state index in [4.69, 9.17) is 0 Å². The maximum atomic E-state index is 12.7. The molecule has 1 aromatic rings. The van der Waals surface area contributed by atoms with Crippen molar-refractivity contribution in [2.75, 3.05) is 18.8 Å². The zero-order valence-electron chi connectivity index (χ0n) is 18.3. The molecule has 5 heteroatoms. The molecule has 1 saturated heterocycles. The highest BCUT2D eigenvalue weighted by atomic mass is 32.2. The molecule has 1 aromatic carbocycles. The van der Waals surface area contributed by atoms with E-state index in [2.05, 4.69) is 31.2 Å². The Morgan fingerprint density at radius 3 is 2.14 bits per heavy atom. The maximum Gasteiger partial charge on any atom is 0.226 e. The van der Waals surface area contributed by atoms with Gasteiger partial charge in [-0.25, -0.2) is 8.42 Å². The molecule has 1 aliphatic heterocycles. The Labute approximate surface area is 177 Å². The number of carbonyl (C=O) groups excluding carboxylic acids is 1. The standard InChI is InChI=1S/C24H37NO3S/c1-18(2)29(27,28)17-21-12-14-25(15-13-21)24(26)16-20-6-10-23(11-7-20)22-8-4-19(3)5-9-22/h6-7,10-11,18-19,21-22H,4-5,8-9,12-17H2,1-3H3. The number of benzene rings is 1. The Hall–Kier alpha value is -1.36. The molecule has 0 aromatic heterocycles. The van der Waals surface area contributed by atoms with E-state index in [0.717, 1.165) is 24.3 Å². The highest BCUT2D eigenvalue weighted by Crippen LogP contribution is 2.35. The van der Waals surface area contributed by atoms with E-state index >= 15 is 0 Å². The van der Waals surface area contributed by atoms with Gasteiger partial charge < -0.3 is 4.90 Å². The number of amides is 1. The molecule has 0 atom stereocenters. The first kappa shape index (κ1) is 22.3. The maximum absolute atomic E-state index is 12.7. The number of hydrogen-bond donors (Lipinski definition) is 0. The van der Waals surface area contributed by atoms with Gasteiger partial charge in [-0.3, -0.25) is 4.79 Å². The van der Waals surface area contributed by atoms with E-state index in [1.54, 1.807) is 13.8 Å². The van der Waals surface area contributed by atoms with Crippen molar-refractivity contribution in [1.29, 1.82) is 0 Å². The van der Waals surface area contributed by atoms with Gasteiger partial charge in [0.05, 0.1) is 17.4 Å². The normalized spacial score (nSPS) is 24.1. The zero-order valence-corrected chi connectivity index (χ0v) is 19.1. The molecule has 1 aliphatic carbocycles. The summed E-state index contributed by atoms with van der Waals surface area (Å²) in [6.45, 7) is 7.18. The van der Waals surface area contributed by atoms with Crippen LogP contribution in [0.3, 0.4) is 0 Å². The number of piperidine rings is 1. The average Bonchev–Trinajstić information content (AvgIpc) is 2.69. The topological polar surface area (TPSA) is 54.5 Å². The molecular weight excluding hydrogens is 382 g/mol. The molecule has 0 unspecified atom stereocenters. The lowest BCUT2D eigenvalue weighted by Crippen LogP contribution is -2.41. The molecule has 1 heterocycles. The molecule has 2 fully saturated rings. The summed E-state index contributed by atoms with van der Waals surface area (Å²) in [5.41, 5.74) is 2.49. The zero-order chi connectivity index (χ0) is 21.0. The van der Waals surface area contributed by atoms with Crippen molar-refractivity contribution in [2.45, 2.75) is 76.9 Å². The van der Waals surface area contributed by atoms with Crippen LogP contribution in [0, 0.1) is 11.8 Å². The van der Waals surface area contributed by atoms with Crippen LogP contribution >= 0.6 is 0 Å². The SMILES string of the molecule is CC1CCC(c2ccc(CC(=O)N3CCC(CS(=O)(=O)C(C)C)CC3)cc2)CC1. The third-order valence-corrected chi connectivity index (χ3v) is 9.35. The Kier molecular flexibility index (Phi) is 7.42. The van der Waals surface area contributed by atoms with Gasteiger partial charge in [0, 0.05) is 13.1 Å². The highest BCUT2D eigenvalue weighted by Gasteiger charge is 2.28. The van der Waals surface area contributed by atoms with Crippen molar-refractivity contribution in [3.63, 3.8) is 0 Å². The fourth-order valence-electron chi connectivity index (χ4n) is 4.66. The van der Waals surface area contributed by atoms with Crippen molar-refractivity contribution < 1.29 is 13.2 Å². The molecule has 1 saturated carbocycles. The minimum absolute atomic E-state index is 0.161. The van der Waals surface area contributed by atoms with Gasteiger partial charge in [-0.1, -0.05) is 44.0 Å².